The molecule has 3 rings (SSSR count). The number of thiophene rings is 1. The molecule has 1 aliphatic heterocycles. The van der Waals surface area contributed by atoms with Gasteiger partial charge in [0.1, 0.15) is 5.00 Å². The molecule has 0 radical (unpaired) electrons. The monoisotopic (exact) mass is 360 g/mol. The number of hydrogen-bond acceptors (Lipinski definition) is 3. The van der Waals surface area contributed by atoms with Gasteiger partial charge >= 0.3 is 6.03 Å². The molecule has 2 amide bonds. The van der Waals surface area contributed by atoms with Gasteiger partial charge < -0.3 is 20.1 Å². The molecule has 136 valence electrons. The molecule has 0 unspecified atom stereocenters. The average molecular weight is 361 g/mol. The largest absolute Gasteiger partial charge is 0.338 e. The van der Waals surface area contributed by atoms with Crippen LogP contribution < -0.4 is 10.6 Å². The van der Waals surface area contributed by atoms with Crippen LogP contribution in [0.15, 0.2) is 24.5 Å². The molecule has 6 heteroatoms. The number of hydrogen-bond donors (Lipinski definition) is 2. The van der Waals surface area contributed by atoms with Gasteiger partial charge in [0.05, 0.1) is 0 Å². The molecule has 0 aromatic carbocycles. The van der Waals surface area contributed by atoms with Crippen molar-refractivity contribution in [3.05, 3.63) is 40.5 Å². The molecule has 0 aliphatic carbocycles. The van der Waals surface area contributed by atoms with E-state index in [1.165, 1.54) is 21.0 Å². The molecule has 0 fully saturated rings. The maximum atomic E-state index is 12.1. The summed E-state index contributed by atoms with van der Waals surface area (Å²) >= 11 is 1.85. The molecule has 2 N–H and O–H groups in total. The van der Waals surface area contributed by atoms with E-state index in [0.717, 1.165) is 32.5 Å². The number of nitrogens with one attached hydrogen (secondary N) is 2. The van der Waals surface area contributed by atoms with E-state index in [0.29, 0.717) is 12.5 Å². The zero-order chi connectivity index (χ0) is 17.8. The third kappa shape index (κ3) is 4.44. The number of likely N-dealkylation sites (N-methyl/N-ethyl adjacent to an activating group) is 1. The number of nitrogens with zero attached hydrogens (tertiary/aromatic N) is 2. The Labute approximate surface area is 154 Å². The molecule has 0 atom stereocenters. The normalized spacial score (nSPS) is 14.6. The fourth-order valence-corrected chi connectivity index (χ4v) is 4.56. The lowest BCUT2D eigenvalue weighted by Crippen LogP contribution is -2.36. The maximum absolute atomic E-state index is 12.1. The second-order valence-electron chi connectivity index (χ2n) is 7.16. The zero-order valence-corrected chi connectivity index (χ0v) is 16.2. The summed E-state index contributed by atoms with van der Waals surface area (Å²) in [7, 11) is 2.16. The van der Waals surface area contributed by atoms with Gasteiger partial charge in [0.2, 0.25) is 0 Å². The lowest BCUT2D eigenvalue weighted by atomic mass is 10.0. The van der Waals surface area contributed by atoms with Crippen LogP contribution >= 0.6 is 11.3 Å². The topological polar surface area (TPSA) is 49.3 Å². The van der Waals surface area contributed by atoms with Crippen molar-refractivity contribution in [3.8, 4) is 5.00 Å². The molecule has 0 saturated heterocycles. The van der Waals surface area contributed by atoms with Crippen molar-refractivity contribution < 1.29 is 4.79 Å². The summed E-state index contributed by atoms with van der Waals surface area (Å²) in [6.45, 7) is 7.70. The summed E-state index contributed by atoms with van der Waals surface area (Å²) in [5, 5.41) is 7.24. The smallest absolute Gasteiger partial charge is 0.315 e. The summed E-state index contributed by atoms with van der Waals surface area (Å²) in [4.78, 5) is 15.9. The second-order valence-corrected chi connectivity index (χ2v) is 8.24. The first-order valence-electron chi connectivity index (χ1n) is 9.01. The molecule has 1 aliphatic rings. The number of urea groups is 1. The molecular weight excluding hydrogens is 332 g/mol. The first-order chi connectivity index (χ1) is 12.0. The van der Waals surface area contributed by atoms with Gasteiger partial charge in [-0.3, -0.25) is 0 Å². The summed E-state index contributed by atoms with van der Waals surface area (Å²) in [5.41, 5.74) is 2.69. The van der Waals surface area contributed by atoms with Gasteiger partial charge in [0, 0.05) is 49.0 Å². The van der Waals surface area contributed by atoms with Crippen molar-refractivity contribution in [3.63, 3.8) is 0 Å². The number of carbonyl (C=O) groups is 1. The van der Waals surface area contributed by atoms with Gasteiger partial charge in [-0.2, -0.15) is 0 Å². The quantitative estimate of drug-likeness (QED) is 0.830. The van der Waals surface area contributed by atoms with Crippen LogP contribution in [0.2, 0.25) is 0 Å². The zero-order valence-electron chi connectivity index (χ0n) is 15.3. The lowest BCUT2D eigenvalue weighted by Gasteiger charge is -2.22. The minimum absolute atomic E-state index is 0.0769. The Balaban J connectivity index is 1.72. The number of amides is 2. The lowest BCUT2D eigenvalue weighted by molar-refractivity contribution is 0.240. The second kappa shape index (κ2) is 8.06. The first-order valence-corrected chi connectivity index (χ1v) is 9.83. The van der Waals surface area contributed by atoms with Crippen LogP contribution in [0.25, 0.3) is 5.00 Å². The molecular formula is C19H28N4OS. The Morgan fingerprint density at radius 3 is 2.76 bits per heavy atom. The Kier molecular flexibility index (Phi) is 5.81. The predicted octanol–water partition coefficient (Wildman–Crippen LogP) is 3.37. The maximum Gasteiger partial charge on any atom is 0.315 e. The van der Waals surface area contributed by atoms with E-state index in [9.17, 15) is 4.79 Å². The molecule has 3 heterocycles. The number of aromatic nitrogens is 1. The van der Waals surface area contributed by atoms with Crippen molar-refractivity contribution in [1.82, 2.24) is 20.1 Å². The van der Waals surface area contributed by atoms with E-state index in [4.69, 9.17) is 0 Å². The highest BCUT2D eigenvalue weighted by molar-refractivity contribution is 7.14. The molecule has 2 aromatic heterocycles. The van der Waals surface area contributed by atoms with Crippen LogP contribution in [-0.2, 0) is 19.5 Å². The summed E-state index contributed by atoms with van der Waals surface area (Å²) in [6.07, 6.45) is 6.21. The van der Waals surface area contributed by atoms with Crippen LogP contribution in [0.4, 0.5) is 4.79 Å². The van der Waals surface area contributed by atoms with E-state index < -0.39 is 0 Å². The standard InChI is InChI=1S/C19H28N4OS/c1-14(2)6-8-20-19(24)21-12-16-15-7-11-22(3)13-17(15)25-18(16)23-9-4-5-10-23/h4-5,9-10,14H,6-8,11-13H2,1-3H3,(H2,20,21,24). The Bertz CT molecular complexity index is 705. The molecule has 0 saturated carbocycles. The fourth-order valence-electron chi connectivity index (χ4n) is 3.15. The average Bonchev–Trinajstić information content (AvgIpc) is 3.19. The van der Waals surface area contributed by atoms with Crippen molar-refractivity contribution >= 4 is 17.4 Å². The van der Waals surface area contributed by atoms with Gasteiger partial charge in [0.15, 0.2) is 0 Å². The summed E-state index contributed by atoms with van der Waals surface area (Å²) in [6, 6.07) is 4.01. The number of carbonyl (C=O) groups excluding carboxylic acids is 1. The molecule has 2 aromatic rings. The Hall–Kier alpha value is -1.79. The van der Waals surface area contributed by atoms with Gasteiger partial charge in [-0.25, -0.2) is 4.79 Å². The Morgan fingerprint density at radius 1 is 1.28 bits per heavy atom. The van der Waals surface area contributed by atoms with E-state index in [2.05, 4.69) is 53.4 Å². The van der Waals surface area contributed by atoms with Crippen LogP contribution in [0.1, 0.15) is 36.3 Å². The van der Waals surface area contributed by atoms with Crippen molar-refractivity contribution in [2.75, 3.05) is 20.1 Å². The van der Waals surface area contributed by atoms with E-state index in [-0.39, 0.29) is 6.03 Å². The molecule has 0 spiro atoms. The van der Waals surface area contributed by atoms with E-state index >= 15 is 0 Å². The van der Waals surface area contributed by atoms with E-state index in [1.807, 2.05) is 23.5 Å². The highest BCUT2D eigenvalue weighted by Crippen LogP contribution is 2.35. The Morgan fingerprint density at radius 2 is 2.04 bits per heavy atom. The SMILES string of the molecule is CC(C)CCNC(=O)NCc1c(-n2cccc2)sc2c1CCN(C)C2. The van der Waals surface area contributed by atoms with Crippen LogP contribution in [-0.4, -0.2) is 35.6 Å². The van der Waals surface area contributed by atoms with Gasteiger partial charge in [-0.1, -0.05) is 13.8 Å². The predicted molar refractivity (Wildman–Crippen MR) is 103 cm³/mol. The van der Waals surface area contributed by atoms with Crippen molar-refractivity contribution in [2.24, 2.45) is 5.92 Å². The van der Waals surface area contributed by atoms with Crippen molar-refractivity contribution in [1.29, 1.82) is 0 Å². The first kappa shape index (κ1) is 18.0. The summed E-state index contributed by atoms with van der Waals surface area (Å²) in [5.74, 6) is 0.599. The third-order valence-electron chi connectivity index (χ3n) is 4.61. The third-order valence-corrected chi connectivity index (χ3v) is 5.88. The van der Waals surface area contributed by atoms with Crippen LogP contribution in [0.3, 0.4) is 0 Å². The van der Waals surface area contributed by atoms with E-state index in [1.54, 1.807) is 0 Å². The van der Waals surface area contributed by atoms with Crippen molar-refractivity contribution in [2.45, 2.75) is 39.8 Å². The minimum Gasteiger partial charge on any atom is -0.338 e. The van der Waals surface area contributed by atoms with Crippen LogP contribution in [0, 0.1) is 5.92 Å². The minimum atomic E-state index is -0.0769. The molecule has 0 bridgehead atoms. The number of rotatable bonds is 6. The van der Waals surface area contributed by atoms with Gasteiger partial charge in [-0.05, 0) is 43.5 Å². The highest BCUT2D eigenvalue weighted by atomic mass is 32.1. The fraction of sp³-hybridized carbons (Fsp3) is 0.526. The summed E-state index contributed by atoms with van der Waals surface area (Å²) < 4.78 is 2.16. The van der Waals surface area contributed by atoms with Gasteiger partial charge in [0.25, 0.3) is 0 Å². The molecule has 5 nitrogen and oxygen atoms in total. The highest BCUT2D eigenvalue weighted by Gasteiger charge is 2.23. The van der Waals surface area contributed by atoms with Gasteiger partial charge in [-0.15, -0.1) is 11.3 Å². The van der Waals surface area contributed by atoms with Crippen LogP contribution in [0.5, 0.6) is 0 Å². The number of fused-ring (bicyclic) bond motifs is 1. The molecule has 25 heavy (non-hydrogen) atoms.